The maximum absolute atomic E-state index is 11.9. The van der Waals surface area contributed by atoms with Crippen LogP contribution < -0.4 is 22.5 Å². The van der Waals surface area contributed by atoms with Gasteiger partial charge in [0.15, 0.2) is 0 Å². The van der Waals surface area contributed by atoms with Crippen LogP contribution in [0, 0.1) is 0 Å². The predicted molar refractivity (Wildman–Crippen MR) is 73.1 cm³/mol. The Labute approximate surface area is 114 Å². The standard InChI is InChI=1S/C13H14N4O3/c1-16-6-5-11(18)17(13(16)20)8-9-3-2-4-10(7-9)12(19)15-14/h2-7H,8,14H2,1H3,(H,15,19). The number of carbonyl (C=O) groups is 1. The van der Waals surface area contributed by atoms with Gasteiger partial charge in [-0.25, -0.2) is 10.6 Å². The first-order valence-corrected chi connectivity index (χ1v) is 5.89. The molecule has 0 aliphatic heterocycles. The minimum Gasteiger partial charge on any atom is -0.303 e. The van der Waals surface area contributed by atoms with Gasteiger partial charge in [-0.3, -0.25) is 19.6 Å². The van der Waals surface area contributed by atoms with Crippen molar-refractivity contribution >= 4 is 5.91 Å². The smallest absolute Gasteiger partial charge is 0.303 e. The lowest BCUT2D eigenvalue weighted by Gasteiger charge is -2.08. The average molecular weight is 274 g/mol. The summed E-state index contributed by atoms with van der Waals surface area (Å²) in [7, 11) is 1.57. The first-order chi connectivity index (χ1) is 9.52. The summed E-state index contributed by atoms with van der Waals surface area (Å²) in [4.78, 5) is 35.1. The number of nitrogens with zero attached hydrogens (tertiary/aromatic N) is 2. The number of aryl methyl sites for hydroxylation is 1. The topological polar surface area (TPSA) is 99.1 Å². The third-order valence-electron chi connectivity index (χ3n) is 2.90. The molecular formula is C13H14N4O3. The van der Waals surface area contributed by atoms with Gasteiger partial charge in [-0.1, -0.05) is 12.1 Å². The van der Waals surface area contributed by atoms with Crippen LogP contribution in [0.5, 0.6) is 0 Å². The second kappa shape index (κ2) is 5.54. The molecule has 0 saturated heterocycles. The van der Waals surface area contributed by atoms with Crippen LogP contribution >= 0.6 is 0 Å². The molecule has 2 aromatic rings. The summed E-state index contributed by atoms with van der Waals surface area (Å²) in [6.07, 6.45) is 1.42. The minimum atomic E-state index is -0.430. The summed E-state index contributed by atoms with van der Waals surface area (Å²) >= 11 is 0. The first-order valence-electron chi connectivity index (χ1n) is 5.89. The molecular weight excluding hydrogens is 260 g/mol. The zero-order valence-corrected chi connectivity index (χ0v) is 10.9. The summed E-state index contributed by atoms with van der Waals surface area (Å²) in [5.74, 6) is 4.64. The van der Waals surface area contributed by atoms with E-state index in [2.05, 4.69) is 0 Å². The summed E-state index contributed by atoms with van der Waals surface area (Å²) in [6.45, 7) is 0.0953. The van der Waals surface area contributed by atoms with Crippen LogP contribution in [-0.4, -0.2) is 15.0 Å². The Balaban J connectivity index is 2.41. The SMILES string of the molecule is Cn1ccc(=O)n(Cc2cccc(C(=O)NN)c2)c1=O. The Morgan fingerprint density at radius 2 is 2.05 bits per heavy atom. The van der Waals surface area contributed by atoms with Gasteiger partial charge in [0.2, 0.25) is 0 Å². The number of aromatic nitrogens is 2. The van der Waals surface area contributed by atoms with Crippen molar-refractivity contribution in [2.45, 2.75) is 6.54 Å². The number of carbonyl (C=O) groups excluding carboxylic acids is 1. The highest BCUT2D eigenvalue weighted by molar-refractivity contribution is 5.93. The quantitative estimate of drug-likeness (QED) is 0.435. The van der Waals surface area contributed by atoms with Crippen LogP contribution in [0.4, 0.5) is 0 Å². The van der Waals surface area contributed by atoms with Gasteiger partial charge in [0.25, 0.3) is 11.5 Å². The van der Waals surface area contributed by atoms with Gasteiger partial charge in [0.05, 0.1) is 6.54 Å². The fourth-order valence-electron chi connectivity index (χ4n) is 1.84. The monoisotopic (exact) mass is 274 g/mol. The highest BCUT2D eigenvalue weighted by Gasteiger charge is 2.07. The Morgan fingerprint density at radius 1 is 1.30 bits per heavy atom. The van der Waals surface area contributed by atoms with Crippen molar-refractivity contribution in [1.82, 2.24) is 14.6 Å². The van der Waals surface area contributed by atoms with E-state index >= 15 is 0 Å². The van der Waals surface area contributed by atoms with E-state index in [-0.39, 0.29) is 12.1 Å². The molecule has 0 atom stereocenters. The number of nitrogens with two attached hydrogens (primary N) is 1. The molecule has 2 rings (SSSR count). The Bertz CT molecular complexity index is 761. The molecule has 1 aromatic heterocycles. The Hall–Kier alpha value is -2.67. The van der Waals surface area contributed by atoms with E-state index in [1.807, 2.05) is 5.43 Å². The molecule has 0 bridgehead atoms. The first kappa shape index (κ1) is 13.8. The second-order valence-corrected chi connectivity index (χ2v) is 4.31. The number of rotatable bonds is 3. The molecule has 0 unspecified atom stereocenters. The molecule has 0 aliphatic rings. The number of hydrogen-bond acceptors (Lipinski definition) is 4. The largest absolute Gasteiger partial charge is 0.331 e. The Morgan fingerprint density at radius 3 is 2.75 bits per heavy atom. The number of nitrogens with one attached hydrogen (secondary N) is 1. The van der Waals surface area contributed by atoms with Crippen LogP contribution in [0.3, 0.4) is 0 Å². The molecule has 1 amide bonds. The van der Waals surface area contributed by atoms with E-state index in [1.165, 1.54) is 16.8 Å². The highest BCUT2D eigenvalue weighted by atomic mass is 16.2. The molecule has 0 radical (unpaired) electrons. The van der Waals surface area contributed by atoms with Crippen LogP contribution in [0.25, 0.3) is 0 Å². The van der Waals surface area contributed by atoms with E-state index < -0.39 is 11.6 Å². The molecule has 0 aliphatic carbocycles. The van der Waals surface area contributed by atoms with Crippen molar-refractivity contribution in [3.63, 3.8) is 0 Å². The fourth-order valence-corrected chi connectivity index (χ4v) is 1.84. The number of benzene rings is 1. The molecule has 20 heavy (non-hydrogen) atoms. The van der Waals surface area contributed by atoms with E-state index in [0.29, 0.717) is 11.1 Å². The molecule has 3 N–H and O–H groups in total. The summed E-state index contributed by atoms with van der Waals surface area (Å²) in [5.41, 5.74) is 2.26. The van der Waals surface area contributed by atoms with Crippen molar-refractivity contribution in [2.75, 3.05) is 0 Å². The zero-order chi connectivity index (χ0) is 14.7. The van der Waals surface area contributed by atoms with Gasteiger partial charge < -0.3 is 4.57 Å². The van der Waals surface area contributed by atoms with Crippen molar-refractivity contribution in [3.8, 4) is 0 Å². The summed E-state index contributed by atoms with van der Waals surface area (Å²) < 4.78 is 2.41. The van der Waals surface area contributed by atoms with Crippen molar-refractivity contribution in [1.29, 1.82) is 0 Å². The van der Waals surface area contributed by atoms with Crippen molar-refractivity contribution < 1.29 is 4.79 Å². The predicted octanol–water partition coefficient (Wildman–Crippen LogP) is -0.801. The number of hydrazine groups is 1. The number of amides is 1. The Kier molecular flexibility index (Phi) is 3.81. The van der Waals surface area contributed by atoms with E-state index in [0.717, 1.165) is 4.57 Å². The second-order valence-electron chi connectivity index (χ2n) is 4.31. The lowest BCUT2D eigenvalue weighted by molar-refractivity contribution is 0.0953. The molecule has 1 heterocycles. The third kappa shape index (κ3) is 2.67. The van der Waals surface area contributed by atoms with Gasteiger partial charge >= 0.3 is 5.69 Å². The molecule has 104 valence electrons. The van der Waals surface area contributed by atoms with Crippen LogP contribution in [0.2, 0.25) is 0 Å². The van der Waals surface area contributed by atoms with Gasteiger partial charge in [-0.05, 0) is 17.7 Å². The van der Waals surface area contributed by atoms with Crippen molar-refractivity contribution in [2.24, 2.45) is 12.9 Å². The van der Waals surface area contributed by atoms with E-state index in [9.17, 15) is 14.4 Å². The minimum absolute atomic E-state index is 0.0953. The van der Waals surface area contributed by atoms with Gasteiger partial charge in [0.1, 0.15) is 0 Å². The normalized spacial score (nSPS) is 10.3. The van der Waals surface area contributed by atoms with E-state index in [4.69, 9.17) is 5.84 Å². The molecule has 7 nitrogen and oxygen atoms in total. The summed E-state index contributed by atoms with van der Waals surface area (Å²) in [5, 5.41) is 0. The van der Waals surface area contributed by atoms with Crippen LogP contribution in [-0.2, 0) is 13.6 Å². The molecule has 0 spiro atoms. The molecule has 0 fully saturated rings. The lowest BCUT2D eigenvalue weighted by Crippen LogP contribution is -2.38. The van der Waals surface area contributed by atoms with E-state index in [1.54, 1.807) is 31.3 Å². The zero-order valence-electron chi connectivity index (χ0n) is 10.9. The van der Waals surface area contributed by atoms with Gasteiger partial charge in [-0.2, -0.15) is 0 Å². The molecule has 7 heteroatoms. The van der Waals surface area contributed by atoms with Crippen LogP contribution in [0.15, 0.2) is 46.1 Å². The van der Waals surface area contributed by atoms with Crippen molar-refractivity contribution in [3.05, 3.63) is 68.5 Å². The average Bonchev–Trinajstić information content (AvgIpc) is 2.47. The van der Waals surface area contributed by atoms with Gasteiger partial charge in [0, 0.05) is 24.9 Å². The maximum atomic E-state index is 11.9. The van der Waals surface area contributed by atoms with Crippen LogP contribution in [0.1, 0.15) is 15.9 Å². The molecule has 0 saturated carbocycles. The summed E-state index contributed by atoms with van der Waals surface area (Å²) in [6, 6.07) is 7.89. The van der Waals surface area contributed by atoms with Gasteiger partial charge in [-0.15, -0.1) is 0 Å². The number of hydrogen-bond donors (Lipinski definition) is 2. The lowest BCUT2D eigenvalue weighted by atomic mass is 10.1. The fraction of sp³-hybridized carbons (Fsp3) is 0.154. The third-order valence-corrected chi connectivity index (χ3v) is 2.90. The number of nitrogen functional groups attached to an aromatic ring is 1. The highest BCUT2D eigenvalue weighted by Crippen LogP contribution is 2.05. The maximum Gasteiger partial charge on any atom is 0.331 e. The molecule has 1 aromatic carbocycles.